The maximum Gasteiger partial charge on any atom is 0.303 e. The van der Waals surface area contributed by atoms with E-state index >= 15 is 0 Å². The first kappa shape index (κ1) is 37.5. The highest BCUT2D eigenvalue weighted by atomic mass is 35.6. The van der Waals surface area contributed by atoms with E-state index in [4.69, 9.17) is 82.8 Å². The molecule has 1 N–H and O–H groups in total. The predicted octanol–water partition coefficient (Wildman–Crippen LogP) is 6.42. The molecule has 0 saturated carbocycles. The number of benzene rings is 3. The van der Waals surface area contributed by atoms with Crippen LogP contribution in [0.2, 0.25) is 0 Å². The number of hydrogen-bond donors (Lipinski definition) is 1. The average Bonchev–Trinajstić information content (AvgIpc) is 3.08. The summed E-state index contributed by atoms with van der Waals surface area (Å²) >= 11 is 17.8. The Morgan fingerprint density at radius 1 is 0.688 bits per heavy atom. The first-order chi connectivity index (χ1) is 23.0. The van der Waals surface area contributed by atoms with Crippen LogP contribution in [0.3, 0.4) is 0 Å². The maximum atomic E-state index is 12.4. The number of carbonyl (C=O) groups is 1. The number of methoxy groups -OCH3 is 3. The fourth-order valence-corrected chi connectivity index (χ4v) is 4.98. The van der Waals surface area contributed by atoms with Gasteiger partial charge in [0, 0.05) is 6.92 Å². The summed E-state index contributed by atoms with van der Waals surface area (Å²) in [5.74, 6) is 0.691. The van der Waals surface area contributed by atoms with Gasteiger partial charge in [-0.3, -0.25) is 10.2 Å². The van der Waals surface area contributed by atoms with Crippen molar-refractivity contribution in [3.63, 3.8) is 0 Å². The van der Waals surface area contributed by atoms with E-state index in [-0.39, 0.29) is 26.4 Å². The Hall–Kier alpha value is -3.29. The number of nitrogens with one attached hydrogen (secondary N) is 1. The molecule has 0 aliphatic carbocycles. The lowest BCUT2D eigenvalue weighted by atomic mass is 9.98. The molecule has 0 bridgehead atoms. The van der Waals surface area contributed by atoms with Gasteiger partial charge in [-0.15, -0.1) is 0 Å². The minimum atomic E-state index is -2.22. The van der Waals surface area contributed by atoms with Crippen molar-refractivity contribution >= 4 is 46.7 Å². The van der Waals surface area contributed by atoms with Crippen LogP contribution in [0.4, 0.5) is 0 Å². The summed E-state index contributed by atoms with van der Waals surface area (Å²) in [6, 6.07) is 22.1. The Balaban J connectivity index is 1.65. The SMILES string of the molecule is COc1ccc(COC[C@H]2OC(OC(=N)C(Cl)(Cl)Cl)[C@@H](OC(C)=O)[C@@H](OCc3ccc(OC)cc3)[C@@H]2OCc2ccc(OC)cc2)cc1. The number of alkyl halides is 3. The van der Waals surface area contributed by atoms with Crippen molar-refractivity contribution < 1.29 is 47.4 Å². The number of carbonyl (C=O) groups excluding carboxylic acids is 1. The van der Waals surface area contributed by atoms with E-state index in [0.717, 1.165) is 16.7 Å². The van der Waals surface area contributed by atoms with Crippen molar-refractivity contribution in [3.05, 3.63) is 89.5 Å². The van der Waals surface area contributed by atoms with Gasteiger partial charge in [-0.1, -0.05) is 71.2 Å². The van der Waals surface area contributed by atoms with Gasteiger partial charge >= 0.3 is 5.97 Å². The summed E-state index contributed by atoms with van der Waals surface area (Å²) in [6.07, 6.45) is -5.39. The van der Waals surface area contributed by atoms with Crippen molar-refractivity contribution in [1.82, 2.24) is 0 Å². The van der Waals surface area contributed by atoms with Gasteiger partial charge in [-0.25, -0.2) is 0 Å². The Morgan fingerprint density at radius 2 is 1.12 bits per heavy atom. The minimum Gasteiger partial charge on any atom is -0.497 e. The third-order valence-corrected chi connectivity index (χ3v) is 7.81. The molecule has 3 aromatic rings. The number of rotatable bonds is 15. The van der Waals surface area contributed by atoms with Gasteiger partial charge in [0.1, 0.15) is 35.6 Å². The summed E-state index contributed by atoms with van der Waals surface area (Å²) in [7, 11) is 4.76. The molecule has 1 saturated heterocycles. The lowest BCUT2D eigenvalue weighted by molar-refractivity contribution is -0.305. The highest BCUT2D eigenvalue weighted by molar-refractivity contribution is 6.76. The van der Waals surface area contributed by atoms with Gasteiger partial charge in [-0.05, 0) is 53.1 Å². The monoisotopic (exact) mass is 725 g/mol. The Labute approximate surface area is 294 Å². The van der Waals surface area contributed by atoms with E-state index in [2.05, 4.69) is 0 Å². The molecular formula is C34H38Cl3NO10. The Bertz CT molecular complexity index is 1450. The summed E-state index contributed by atoms with van der Waals surface area (Å²) < 4.78 is 50.3. The van der Waals surface area contributed by atoms with Crippen molar-refractivity contribution in [2.75, 3.05) is 27.9 Å². The molecule has 0 aromatic heterocycles. The highest BCUT2D eigenvalue weighted by Crippen LogP contribution is 2.34. The van der Waals surface area contributed by atoms with Crippen LogP contribution in [0.15, 0.2) is 72.8 Å². The smallest absolute Gasteiger partial charge is 0.303 e. The zero-order chi connectivity index (χ0) is 34.7. The molecule has 1 aliphatic rings. The standard InChI is InChI=1S/C34H38Cl3NO10/c1-21(39)46-31-30(45-19-24-9-15-27(42-4)16-10-24)29(44-18-23-7-13-26(41-3)14-8-23)28(47-32(31)48-33(38)34(35,36)37)20-43-17-22-5-11-25(40-2)12-6-22/h5-16,28-32,38H,17-20H2,1-4H3/t28-,29-,30+,31+,32?/m1/s1. The average molecular weight is 727 g/mol. The number of ether oxygens (including phenoxy) is 9. The molecule has 1 unspecified atom stereocenters. The molecule has 11 nitrogen and oxygen atoms in total. The van der Waals surface area contributed by atoms with E-state index < -0.39 is 46.4 Å². The third kappa shape index (κ3) is 10.9. The molecule has 14 heteroatoms. The number of esters is 1. The molecule has 48 heavy (non-hydrogen) atoms. The molecule has 1 fully saturated rings. The molecule has 260 valence electrons. The number of hydrogen-bond acceptors (Lipinski definition) is 11. The van der Waals surface area contributed by atoms with Crippen LogP contribution in [0.1, 0.15) is 23.6 Å². The first-order valence-corrected chi connectivity index (χ1v) is 16.0. The van der Waals surface area contributed by atoms with Crippen molar-refractivity contribution in [1.29, 1.82) is 5.41 Å². The molecule has 1 heterocycles. The Kier molecular flexibility index (Phi) is 14.0. The Morgan fingerprint density at radius 3 is 1.54 bits per heavy atom. The predicted molar refractivity (Wildman–Crippen MR) is 179 cm³/mol. The third-order valence-electron chi connectivity index (χ3n) is 7.30. The second-order valence-corrected chi connectivity index (χ2v) is 13.0. The second kappa shape index (κ2) is 17.9. The van der Waals surface area contributed by atoms with Crippen LogP contribution in [-0.4, -0.2) is 74.3 Å². The van der Waals surface area contributed by atoms with Gasteiger partial charge in [0.15, 0.2) is 6.10 Å². The molecular weight excluding hydrogens is 689 g/mol. The van der Waals surface area contributed by atoms with E-state index in [9.17, 15) is 4.79 Å². The number of halogens is 3. The summed E-state index contributed by atoms with van der Waals surface area (Å²) in [6.45, 7) is 1.68. The van der Waals surface area contributed by atoms with Crippen LogP contribution in [-0.2, 0) is 53.0 Å². The quantitative estimate of drug-likeness (QED) is 0.0812. The van der Waals surface area contributed by atoms with Crippen molar-refractivity contribution in [2.45, 2.75) is 61.2 Å². The highest BCUT2D eigenvalue weighted by Gasteiger charge is 2.52. The first-order valence-electron chi connectivity index (χ1n) is 14.9. The second-order valence-electron chi connectivity index (χ2n) is 10.7. The lowest BCUT2D eigenvalue weighted by Crippen LogP contribution is -2.62. The molecule has 0 radical (unpaired) electrons. The minimum absolute atomic E-state index is 0.00451. The van der Waals surface area contributed by atoms with Crippen molar-refractivity contribution in [2.24, 2.45) is 0 Å². The molecule has 5 atom stereocenters. The molecule has 0 spiro atoms. The fourth-order valence-electron chi connectivity index (χ4n) is 4.84. The van der Waals surface area contributed by atoms with Gasteiger partial charge in [-0.2, -0.15) is 0 Å². The normalized spacial score (nSPS) is 20.9. The molecule has 4 rings (SSSR count). The van der Waals surface area contributed by atoms with Gasteiger partial charge in [0.05, 0.1) is 47.8 Å². The largest absolute Gasteiger partial charge is 0.497 e. The van der Waals surface area contributed by atoms with E-state index in [1.807, 2.05) is 60.7 Å². The lowest BCUT2D eigenvalue weighted by Gasteiger charge is -2.45. The fraction of sp³-hybridized carbons (Fsp3) is 0.412. The summed E-state index contributed by atoms with van der Waals surface area (Å²) in [4.78, 5) is 12.4. The molecule has 3 aromatic carbocycles. The van der Waals surface area contributed by atoms with Crippen LogP contribution in [0.5, 0.6) is 17.2 Å². The van der Waals surface area contributed by atoms with Crippen LogP contribution in [0, 0.1) is 5.41 Å². The van der Waals surface area contributed by atoms with Gasteiger partial charge in [0.2, 0.25) is 12.2 Å². The van der Waals surface area contributed by atoms with E-state index in [1.165, 1.54) is 6.92 Å². The zero-order valence-electron chi connectivity index (χ0n) is 26.9. The van der Waals surface area contributed by atoms with Crippen LogP contribution < -0.4 is 14.2 Å². The topological polar surface area (TPSA) is 124 Å². The van der Waals surface area contributed by atoms with Gasteiger partial charge in [0.25, 0.3) is 3.79 Å². The maximum absolute atomic E-state index is 12.4. The van der Waals surface area contributed by atoms with E-state index in [0.29, 0.717) is 17.2 Å². The summed E-state index contributed by atoms with van der Waals surface area (Å²) in [5, 5.41) is 8.24. The van der Waals surface area contributed by atoms with E-state index in [1.54, 1.807) is 33.5 Å². The molecule has 1 aliphatic heterocycles. The molecule has 0 amide bonds. The van der Waals surface area contributed by atoms with Crippen LogP contribution in [0.25, 0.3) is 0 Å². The summed E-state index contributed by atoms with van der Waals surface area (Å²) in [5.41, 5.74) is 2.53. The van der Waals surface area contributed by atoms with Crippen molar-refractivity contribution in [3.8, 4) is 17.2 Å². The van der Waals surface area contributed by atoms with Crippen LogP contribution >= 0.6 is 34.8 Å². The zero-order valence-corrected chi connectivity index (χ0v) is 29.1. The van der Waals surface area contributed by atoms with Gasteiger partial charge < -0.3 is 42.6 Å².